The predicted octanol–water partition coefficient (Wildman–Crippen LogP) is 2.81. The topological polar surface area (TPSA) is 52.3 Å². The summed E-state index contributed by atoms with van der Waals surface area (Å²) in [5.74, 6) is 0.627. The third-order valence-corrected chi connectivity index (χ3v) is 4.48. The van der Waals surface area contributed by atoms with E-state index in [2.05, 4.69) is 0 Å². The van der Waals surface area contributed by atoms with Crippen LogP contribution in [0.4, 0.5) is 0 Å². The van der Waals surface area contributed by atoms with Crippen molar-refractivity contribution >= 4 is 5.78 Å². The first kappa shape index (κ1) is 14.0. The first-order valence-corrected chi connectivity index (χ1v) is 7.36. The Kier molecular flexibility index (Phi) is 4.12. The fourth-order valence-corrected chi connectivity index (χ4v) is 3.32. The van der Waals surface area contributed by atoms with Gasteiger partial charge in [-0.2, -0.15) is 0 Å². The van der Waals surface area contributed by atoms with Crippen LogP contribution in [0.5, 0.6) is 0 Å². The van der Waals surface area contributed by atoms with E-state index in [1.54, 1.807) is 0 Å². The minimum atomic E-state index is -0.230. The van der Waals surface area contributed by atoms with Crippen LogP contribution in [0.2, 0.25) is 0 Å². The average molecular weight is 253 g/mol. The van der Waals surface area contributed by atoms with Gasteiger partial charge in [0.1, 0.15) is 5.78 Å². The van der Waals surface area contributed by atoms with Crippen LogP contribution in [0.1, 0.15) is 65.2 Å². The van der Waals surface area contributed by atoms with Gasteiger partial charge in [-0.3, -0.25) is 4.79 Å². The quantitative estimate of drug-likeness (QED) is 0.838. The van der Waals surface area contributed by atoms with E-state index in [0.29, 0.717) is 12.2 Å². The number of nitrogens with two attached hydrogens (primary N) is 1. The molecule has 1 aliphatic carbocycles. The summed E-state index contributed by atoms with van der Waals surface area (Å²) in [4.78, 5) is 12.3. The highest BCUT2D eigenvalue weighted by Gasteiger charge is 2.41. The minimum Gasteiger partial charge on any atom is -0.375 e. The highest BCUT2D eigenvalue weighted by atomic mass is 16.5. The van der Waals surface area contributed by atoms with Crippen LogP contribution in [-0.2, 0) is 9.53 Å². The number of carbonyl (C=O) groups is 1. The second kappa shape index (κ2) is 5.30. The Morgan fingerprint density at radius 2 is 2.06 bits per heavy atom. The highest BCUT2D eigenvalue weighted by Crippen LogP contribution is 2.42. The molecule has 0 aromatic carbocycles. The van der Waals surface area contributed by atoms with Gasteiger partial charge in [-0.1, -0.05) is 12.8 Å². The summed E-state index contributed by atoms with van der Waals surface area (Å²) < 4.78 is 5.98. The summed E-state index contributed by atoms with van der Waals surface area (Å²) >= 11 is 0. The molecule has 2 aliphatic rings. The van der Waals surface area contributed by atoms with Gasteiger partial charge in [-0.25, -0.2) is 0 Å². The van der Waals surface area contributed by atoms with Crippen molar-refractivity contribution in [3.8, 4) is 0 Å². The number of hydrogen-bond donors (Lipinski definition) is 1. The third kappa shape index (κ3) is 3.55. The lowest BCUT2D eigenvalue weighted by molar-refractivity contribution is -0.136. The monoisotopic (exact) mass is 253 g/mol. The van der Waals surface area contributed by atoms with E-state index < -0.39 is 0 Å². The largest absolute Gasteiger partial charge is 0.375 e. The summed E-state index contributed by atoms with van der Waals surface area (Å²) in [6.45, 7) is 4.74. The van der Waals surface area contributed by atoms with Crippen molar-refractivity contribution in [2.75, 3.05) is 6.61 Å². The van der Waals surface area contributed by atoms with Crippen molar-refractivity contribution in [3.63, 3.8) is 0 Å². The second-order valence-electron chi connectivity index (χ2n) is 6.88. The Balaban J connectivity index is 1.86. The van der Waals surface area contributed by atoms with E-state index in [1.807, 2.05) is 13.8 Å². The van der Waals surface area contributed by atoms with Crippen molar-refractivity contribution in [2.24, 2.45) is 11.7 Å². The molecule has 18 heavy (non-hydrogen) atoms. The molecule has 0 aromatic rings. The molecule has 1 spiro atoms. The van der Waals surface area contributed by atoms with E-state index in [-0.39, 0.29) is 17.1 Å². The Morgan fingerprint density at radius 1 is 1.39 bits per heavy atom. The maximum Gasteiger partial charge on any atom is 0.136 e. The molecule has 2 N–H and O–H groups in total. The SMILES string of the molecule is CC(C)(N)CCC(=O)C1CCOC2(CCCC2)C1. The molecule has 0 bridgehead atoms. The fraction of sp³-hybridized carbons (Fsp3) is 0.933. The average Bonchev–Trinajstić information content (AvgIpc) is 2.73. The lowest BCUT2D eigenvalue weighted by Gasteiger charge is -2.38. The molecule has 1 heterocycles. The molecule has 0 radical (unpaired) electrons. The summed E-state index contributed by atoms with van der Waals surface area (Å²) in [6.07, 6.45) is 8.11. The number of carbonyl (C=O) groups excluding carboxylic acids is 1. The van der Waals surface area contributed by atoms with Gasteiger partial charge in [0.2, 0.25) is 0 Å². The predicted molar refractivity (Wildman–Crippen MR) is 72.4 cm³/mol. The molecular weight excluding hydrogens is 226 g/mol. The fourth-order valence-electron chi connectivity index (χ4n) is 3.32. The molecule has 3 nitrogen and oxygen atoms in total. The van der Waals surface area contributed by atoms with E-state index >= 15 is 0 Å². The van der Waals surface area contributed by atoms with Crippen molar-refractivity contribution in [3.05, 3.63) is 0 Å². The maximum atomic E-state index is 12.3. The van der Waals surface area contributed by atoms with Crippen molar-refractivity contribution < 1.29 is 9.53 Å². The van der Waals surface area contributed by atoms with Crippen LogP contribution < -0.4 is 5.73 Å². The minimum absolute atomic E-state index is 0.0524. The summed E-state index contributed by atoms with van der Waals surface area (Å²) in [6, 6.07) is 0. The number of rotatable bonds is 4. The first-order valence-electron chi connectivity index (χ1n) is 7.36. The maximum absolute atomic E-state index is 12.3. The lowest BCUT2D eigenvalue weighted by Crippen LogP contribution is -2.40. The molecule has 104 valence electrons. The van der Waals surface area contributed by atoms with Crippen molar-refractivity contribution in [2.45, 2.75) is 76.4 Å². The zero-order valence-corrected chi connectivity index (χ0v) is 11.8. The summed E-state index contributed by atoms with van der Waals surface area (Å²) in [5.41, 5.74) is 5.77. The van der Waals surface area contributed by atoms with Gasteiger partial charge in [-0.05, 0) is 46.0 Å². The van der Waals surface area contributed by atoms with Gasteiger partial charge in [-0.15, -0.1) is 0 Å². The molecule has 1 unspecified atom stereocenters. The smallest absolute Gasteiger partial charge is 0.136 e. The molecule has 1 saturated carbocycles. The van der Waals surface area contributed by atoms with Gasteiger partial charge in [0, 0.05) is 24.5 Å². The van der Waals surface area contributed by atoms with Crippen LogP contribution in [-0.4, -0.2) is 23.5 Å². The zero-order valence-electron chi connectivity index (χ0n) is 11.8. The lowest BCUT2D eigenvalue weighted by atomic mass is 9.80. The molecule has 2 rings (SSSR count). The van der Waals surface area contributed by atoms with Gasteiger partial charge in [0.25, 0.3) is 0 Å². The normalized spacial score (nSPS) is 27.6. The first-order chi connectivity index (χ1) is 8.40. The molecule has 1 saturated heterocycles. The van der Waals surface area contributed by atoms with Crippen LogP contribution in [0.25, 0.3) is 0 Å². The number of Topliss-reactive ketones (excluding diaryl/α,β-unsaturated/α-hetero) is 1. The van der Waals surface area contributed by atoms with Gasteiger partial charge in [0.05, 0.1) is 5.60 Å². The van der Waals surface area contributed by atoms with Crippen LogP contribution in [0.3, 0.4) is 0 Å². The second-order valence-corrected chi connectivity index (χ2v) is 6.88. The molecule has 1 atom stereocenters. The Bertz CT molecular complexity index is 300. The molecule has 0 aromatic heterocycles. The summed E-state index contributed by atoms with van der Waals surface area (Å²) in [5, 5.41) is 0. The van der Waals surface area contributed by atoms with Crippen molar-refractivity contribution in [1.29, 1.82) is 0 Å². The van der Waals surface area contributed by atoms with E-state index in [0.717, 1.165) is 38.7 Å². The Hall–Kier alpha value is -0.410. The van der Waals surface area contributed by atoms with Crippen LogP contribution in [0.15, 0.2) is 0 Å². The highest BCUT2D eigenvalue weighted by molar-refractivity contribution is 5.81. The van der Waals surface area contributed by atoms with Gasteiger partial charge >= 0.3 is 0 Å². The number of hydrogen-bond acceptors (Lipinski definition) is 3. The van der Waals surface area contributed by atoms with Gasteiger partial charge in [0.15, 0.2) is 0 Å². The number of ketones is 1. The third-order valence-electron chi connectivity index (χ3n) is 4.48. The van der Waals surface area contributed by atoms with Gasteiger partial charge < -0.3 is 10.5 Å². The number of ether oxygens (including phenoxy) is 1. The molecule has 1 aliphatic heterocycles. The van der Waals surface area contributed by atoms with Crippen LogP contribution >= 0.6 is 0 Å². The molecular formula is C15H27NO2. The molecule has 3 heteroatoms. The zero-order chi connectivity index (χ0) is 13.2. The summed E-state index contributed by atoms with van der Waals surface area (Å²) in [7, 11) is 0. The molecule has 0 amide bonds. The Labute approximate surface area is 110 Å². The Morgan fingerprint density at radius 3 is 2.67 bits per heavy atom. The van der Waals surface area contributed by atoms with E-state index in [9.17, 15) is 4.79 Å². The van der Waals surface area contributed by atoms with E-state index in [4.69, 9.17) is 10.5 Å². The standard InChI is InChI=1S/C15H27NO2/c1-14(2,16)9-5-13(17)12-6-10-18-15(11-12)7-3-4-8-15/h12H,3-11,16H2,1-2H3. The van der Waals surface area contributed by atoms with E-state index in [1.165, 1.54) is 12.8 Å². The van der Waals surface area contributed by atoms with Crippen LogP contribution in [0, 0.1) is 5.92 Å². The molecule has 2 fully saturated rings. The van der Waals surface area contributed by atoms with Crippen molar-refractivity contribution in [1.82, 2.24) is 0 Å².